The highest BCUT2D eigenvalue weighted by Gasteiger charge is 2.29. The lowest BCUT2D eigenvalue weighted by atomic mass is 10.1. The second-order valence-electron chi connectivity index (χ2n) is 5.55. The molecule has 0 bridgehead atoms. The number of carbonyl (C=O) groups excluding carboxylic acids is 1. The fourth-order valence-corrected chi connectivity index (χ4v) is 2.81. The van der Waals surface area contributed by atoms with Gasteiger partial charge in [0, 0.05) is 13.1 Å². The molecule has 0 aliphatic carbocycles. The molecule has 0 aromatic carbocycles. The summed E-state index contributed by atoms with van der Waals surface area (Å²) in [6.45, 7) is 6.60. The van der Waals surface area contributed by atoms with Crippen molar-refractivity contribution in [1.29, 1.82) is 0 Å². The standard InChI is InChI=1S/C15H28N2O3/c1-3-9-16(10-4-2)14(18)12-17-11-7-5-6-8-13(17)15(19)20/h13H,3-12H2,1-2H3,(H,19,20). The number of hydrogen-bond donors (Lipinski definition) is 1. The van der Waals surface area contributed by atoms with Crippen LogP contribution in [-0.4, -0.2) is 59.0 Å². The molecule has 1 heterocycles. The molecule has 1 aliphatic rings. The number of aliphatic carboxylic acids is 1. The van der Waals surface area contributed by atoms with E-state index < -0.39 is 12.0 Å². The van der Waals surface area contributed by atoms with Gasteiger partial charge in [-0.15, -0.1) is 0 Å². The van der Waals surface area contributed by atoms with E-state index in [2.05, 4.69) is 13.8 Å². The molecule has 0 spiro atoms. The minimum atomic E-state index is -0.794. The van der Waals surface area contributed by atoms with Crippen molar-refractivity contribution in [1.82, 2.24) is 9.80 Å². The quantitative estimate of drug-likeness (QED) is 0.776. The number of amides is 1. The summed E-state index contributed by atoms with van der Waals surface area (Å²) in [5.41, 5.74) is 0. The smallest absolute Gasteiger partial charge is 0.320 e. The minimum absolute atomic E-state index is 0.0712. The van der Waals surface area contributed by atoms with Gasteiger partial charge in [-0.25, -0.2) is 0 Å². The van der Waals surface area contributed by atoms with E-state index in [1.165, 1.54) is 0 Å². The monoisotopic (exact) mass is 284 g/mol. The van der Waals surface area contributed by atoms with Crippen LogP contribution in [0.2, 0.25) is 0 Å². The molecule has 1 saturated heterocycles. The van der Waals surface area contributed by atoms with Gasteiger partial charge in [0.25, 0.3) is 0 Å². The molecule has 1 unspecified atom stereocenters. The Bertz CT molecular complexity index is 314. The molecular formula is C15H28N2O3. The molecule has 0 radical (unpaired) electrons. The van der Waals surface area contributed by atoms with E-state index in [4.69, 9.17) is 0 Å². The highest BCUT2D eigenvalue weighted by atomic mass is 16.4. The molecule has 1 N–H and O–H groups in total. The van der Waals surface area contributed by atoms with Gasteiger partial charge in [-0.3, -0.25) is 14.5 Å². The lowest BCUT2D eigenvalue weighted by molar-refractivity contribution is -0.145. The third-order valence-corrected chi connectivity index (χ3v) is 3.83. The molecule has 5 heteroatoms. The van der Waals surface area contributed by atoms with Crippen LogP contribution in [0, 0.1) is 0 Å². The van der Waals surface area contributed by atoms with Crippen LogP contribution in [0.1, 0.15) is 52.4 Å². The van der Waals surface area contributed by atoms with Crippen LogP contribution in [0.5, 0.6) is 0 Å². The van der Waals surface area contributed by atoms with E-state index in [0.717, 1.165) is 51.7 Å². The number of nitrogens with zero attached hydrogens (tertiary/aromatic N) is 2. The summed E-state index contributed by atoms with van der Waals surface area (Å²) in [6, 6.07) is -0.494. The van der Waals surface area contributed by atoms with Crippen molar-refractivity contribution in [2.24, 2.45) is 0 Å². The first-order chi connectivity index (χ1) is 9.60. The Balaban J connectivity index is 2.65. The lowest BCUT2D eigenvalue weighted by Crippen LogP contribution is -2.47. The molecule has 1 fully saturated rings. The van der Waals surface area contributed by atoms with Crippen LogP contribution in [0.3, 0.4) is 0 Å². The van der Waals surface area contributed by atoms with Crippen molar-refractivity contribution in [3.05, 3.63) is 0 Å². The number of carboxylic acid groups (broad SMARTS) is 1. The van der Waals surface area contributed by atoms with Crippen LogP contribution in [0.4, 0.5) is 0 Å². The Labute approximate surface area is 121 Å². The first-order valence-electron chi connectivity index (χ1n) is 7.84. The van der Waals surface area contributed by atoms with E-state index in [9.17, 15) is 14.7 Å². The van der Waals surface area contributed by atoms with Crippen molar-refractivity contribution in [3.8, 4) is 0 Å². The number of hydrogen-bond acceptors (Lipinski definition) is 3. The summed E-state index contributed by atoms with van der Waals surface area (Å²) in [5, 5.41) is 9.33. The lowest BCUT2D eigenvalue weighted by Gasteiger charge is -2.29. The first-order valence-corrected chi connectivity index (χ1v) is 7.84. The van der Waals surface area contributed by atoms with Gasteiger partial charge in [0.15, 0.2) is 0 Å². The van der Waals surface area contributed by atoms with Gasteiger partial charge in [0.05, 0.1) is 6.54 Å². The third kappa shape index (κ3) is 5.12. The predicted octanol–water partition coefficient (Wildman–Crippen LogP) is 1.96. The van der Waals surface area contributed by atoms with Crippen LogP contribution < -0.4 is 0 Å². The summed E-state index contributed by atoms with van der Waals surface area (Å²) < 4.78 is 0. The van der Waals surface area contributed by atoms with Gasteiger partial charge in [-0.1, -0.05) is 26.7 Å². The van der Waals surface area contributed by atoms with E-state index in [0.29, 0.717) is 6.42 Å². The maximum Gasteiger partial charge on any atom is 0.320 e. The summed E-state index contributed by atoms with van der Waals surface area (Å²) in [7, 11) is 0. The highest BCUT2D eigenvalue weighted by molar-refractivity contribution is 5.80. The molecule has 1 rings (SSSR count). The fourth-order valence-electron chi connectivity index (χ4n) is 2.81. The van der Waals surface area contributed by atoms with Gasteiger partial charge in [0.1, 0.15) is 6.04 Å². The average molecular weight is 284 g/mol. The molecule has 116 valence electrons. The van der Waals surface area contributed by atoms with Crippen molar-refractivity contribution in [3.63, 3.8) is 0 Å². The van der Waals surface area contributed by atoms with Crippen molar-refractivity contribution >= 4 is 11.9 Å². The normalized spacial score (nSPS) is 20.4. The Morgan fingerprint density at radius 2 is 1.80 bits per heavy atom. The number of rotatable bonds is 7. The van der Waals surface area contributed by atoms with Gasteiger partial charge in [-0.05, 0) is 32.2 Å². The zero-order valence-electron chi connectivity index (χ0n) is 12.8. The first kappa shape index (κ1) is 17.0. The zero-order chi connectivity index (χ0) is 15.0. The Morgan fingerprint density at radius 1 is 1.15 bits per heavy atom. The highest BCUT2D eigenvalue weighted by Crippen LogP contribution is 2.17. The number of likely N-dealkylation sites (tertiary alicyclic amines) is 1. The van der Waals surface area contributed by atoms with Crippen molar-refractivity contribution in [2.75, 3.05) is 26.2 Å². The molecule has 1 atom stereocenters. The maximum absolute atomic E-state index is 12.4. The predicted molar refractivity (Wildman–Crippen MR) is 78.6 cm³/mol. The second-order valence-corrected chi connectivity index (χ2v) is 5.55. The van der Waals surface area contributed by atoms with Crippen LogP contribution >= 0.6 is 0 Å². The van der Waals surface area contributed by atoms with Gasteiger partial charge >= 0.3 is 5.97 Å². The van der Waals surface area contributed by atoms with E-state index >= 15 is 0 Å². The summed E-state index contributed by atoms with van der Waals surface area (Å²) >= 11 is 0. The Hall–Kier alpha value is -1.10. The SMILES string of the molecule is CCCN(CCC)C(=O)CN1CCCCCC1C(=O)O. The van der Waals surface area contributed by atoms with Gasteiger partial charge in [-0.2, -0.15) is 0 Å². The Kier molecular flexibility index (Phi) is 7.59. The molecule has 5 nitrogen and oxygen atoms in total. The second kappa shape index (κ2) is 8.95. The molecular weight excluding hydrogens is 256 g/mol. The molecule has 1 amide bonds. The van der Waals surface area contributed by atoms with E-state index in [-0.39, 0.29) is 12.5 Å². The van der Waals surface area contributed by atoms with Crippen LogP contribution in [0.15, 0.2) is 0 Å². The maximum atomic E-state index is 12.4. The fraction of sp³-hybridized carbons (Fsp3) is 0.867. The van der Waals surface area contributed by atoms with Crippen molar-refractivity contribution < 1.29 is 14.7 Å². The third-order valence-electron chi connectivity index (χ3n) is 3.83. The molecule has 20 heavy (non-hydrogen) atoms. The van der Waals surface area contributed by atoms with Crippen LogP contribution in [-0.2, 0) is 9.59 Å². The van der Waals surface area contributed by atoms with Crippen LogP contribution in [0.25, 0.3) is 0 Å². The van der Waals surface area contributed by atoms with E-state index in [1.54, 1.807) is 0 Å². The molecule has 0 saturated carbocycles. The van der Waals surface area contributed by atoms with Gasteiger partial charge < -0.3 is 10.0 Å². The average Bonchev–Trinajstić information content (AvgIpc) is 2.64. The van der Waals surface area contributed by atoms with E-state index in [1.807, 2.05) is 9.80 Å². The summed E-state index contributed by atoms with van der Waals surface area (Å²) in [4.78, 5) is 27.4. The molecule has 0 aromatic rings. The summed E-state index contributed by atoms with van der Waals surface area (Å²) in [5.74, 6) is -0.723. The van der Waals surface area contributed by atoms with Gasteiger partial charge in [0.2, 0.25) is 5.91 Å². The minimum Gasteiger partial charge on any atom is -0.480 e. The molecule has 0 aromatic heterocycles. The van der Waals surface area contributed by atoms with Crippen molar-refractivity contribution in [2.45, 2.75) is 58.4 Å². The molecule has 1 aliphatic heterocycles. The zero-order valence-corrected chi connectivity index (χ0v) is 12.8. The summed E-state index contributed by atoms with van der Waals surface area (Å²) in [6.07, 6.45) is 5.52. The largest absolute Gasteiger partial charge is 0.480 e. The number of carbonyl (C=O) groups is 2. The number of carboxylic acids is 1. The Morgan fingerprint density at radius 3 is 2.35 bits per heavy atom. The topological polar surface area (TPSA) is 60.9 Å².